The molecule has 3 fully saturated rings. The number of aromatic nitrogens is 3. The third-order valence-electron chi connectivity index (χ3n) is 9.63. The molecular weight excluding hydrogens is 531 g/mol. The maximum absolute atomic E-state index is 14.8. The monoisotopic (exact) mass is 564 g/mol. The summed E-state index contributed by atoms with van der Waals surface area (Å²) < 4.78 is 25.0. The zero-order valence-corrected chi connectivity index (χ0v) is 23.8. The number of phenols is 1. The molecule has 1 amide bonds. The van der Waals surface area contributed by atoms with Crippen LogP contribution in [-0.2, 0) is 13.6 Å². The van der Waals surface area contributed by atoms with Gasteiger partial charge in [-0.3, -0.25) is 4.79 Å². The van der Waals surface area contributed by atoms with E-state index in [-0.39, 0.29) is 11.7 Å². The number of nitrogens with zero attached hydrogens (tertiary/aromatic N) is 4. The Morgan fingerprint density at radius 1 is 1.10 bits per heavy atom. The number of phenolic OH excluding ortho intramolecular Hbond substituents is 1. The highest BCUT2D eigenvalue weighted by Crippen LogP contribution is 2.41. The van der Waals surface area contributed by atoms with Crippen molar-refractivity contribution in [1.29, 1.82) is 0 Å². The van der Waals surface area contributed by atoms with E-state index in [1.807, 2.05) is 46.8 Å². The zero-order chi connectivity index (χ0) is 28.7. The molecule has 3 aromatic carbocycles. The van der Waals surface area contributed by atoms with Gasteiger partial charge in [-0.25, -0.2) is 9.37 Å². The zero-order valence-electron chi connectivity index (χ0n) is 23.8. The van der Waals surface area contributed by atoms with Crippen LogP contribution in [0.25, 0.3) is 44.6 Å². The quantitative estimate of drug-likeness (QED) is 0.248. The maximum Gasteiger partial charge on any atom is 0.254 e. The van der Waals surface area contributed by atoms with Crippen molar-refractivity contribution in [3.63, 3.8) is 0 Å². The minimum atomic E-state index is -0.619. The van der Waals surface area contributed by atoms with Crippen LogP contribution in [0.15, 0.2) is 54.6 Å². The Morgan fingerprint density at radius 3 is 2.69 bits per heavy atom. The lowest BCUT2D eigenvalue weighted by Gasteiger charge is -2.27. The van der Waals surface area contributed by atoms with Crippen LogP contribution in [-0.4, -0.2) is 49.7 Å². The average molecular weight is 565 g/mol. The van der Waals surface area contributed by atoms with E-state index in [1.165, 1.54) is 25.3 Å². The third kappa shape index (κ3) is 3.91. The van der Waals surface area contributed by atoms with E-state index in [2.05, 4.69) is 10.6 Å². The fourth-order valence-corrected chi connectivity index (χ4v) is 7.26. The first kappa shape index (κ1) is 25.4. The molecule has 3 heterocycles. The Hall–Kier alpha value is -4.33. The predicted molar refractivity (Wildman–Crippen MR) is 160 cm³/mol. The molecule has 2 atom stereocenters. The molecule has 5 aromatic rings. The molecule has 8 rings (SSSR count). The summed E-state index contributed by atoms with van der Waals surface area (Å²) in [6.45, 7) is 1.68. The molecule has 42 heavy (non-hydrogen) atoms. The van der Waals surface area contributed by atoms with Crippen LogP contribution in [0.3, 0.4) is 0 Å². The normalized spacial score (nSPS) is 19.8. The Bertz CT molecular complexity index is 1900. The van der Waals surface area contributed by atoms with E-state index in [9.17, 15) is 14.3 Å². The molecule has 214 valence electrons. The van der Waals surface area contributed by atoms with Gasteiger partial charge >= 0.3 is 0 Å². The molecule has 0 spiro atoms. The van der Waals surface area contributed by atoms with Crippen molar-refractivity contribution in [3.8, 4) is 34.1 Å². The minimum Gasteiger partial charge on any atom is -0.505 e. The van der Waals surface area contributed by atoms with Crippen LogP contribution in [0.4, 0.5) is 4.39 Å². The summed E-state index contributed by atoms with van der Waals surface area (Å²) in [5, 5.41) is 11.0. The van der Waals surface area contributed by atoms with E-state index in [1.54, 1.807) is 19.2 Å². The van der Waals surface area contributed by atoms with Crippen molar-refractivity contribution in [2.75, 3.05) is 13.7 Å². The highest BCUT2D eigenvalue weighted by atomic mass is 19.1. The van der Waals surface area contributed by atoms with Crippen molar-refractivity contribution in [3.05, 3.63) is 66.0 Å². The van der Waals surface area contributed by atoms with Gasteiger partial charge in [0, 0.05) is 48.2 Å². The van der Waals surface area contributed by atoms with Gasteiger partial charge in [0.2, 0.25) is 0 Å². The number of methoxy groups -OCH3 is 1. The Morgan fingerprint density at radius 2 is 1.95 bits per heavy atom. The number of hydrogen-bond donors (Lipinski definition) is 1. The maximum atomic E-state index is 14.8. The van der Waals surface area contributed by atoms with Crippen LogP contribution in [0, 0.1) is 17.7 Å². The number of amides is 1. The second kappa shape index (κ2) is 9.34. The van der Waals surface area contributed by atoms with Crippen molar-refractivity contribution in [1.82, 2.24) is 19.0 Å². The Kier molecular flexibility index (Phi) is 5.65. The second-order valence-corrected chi connectivity index (χ2v) is 12.3. The van der Waals surface area contributed by atoms with Crippen molar-refractivity contribution >= 4 is 27.8 Å². The van der Waals surface area contributed by atoms with Crippen LogP contribution >= 0.6 is 0 Å². The van der Waals surface area contributed by atoms with E-state index in [0.717, 1.165) is 59.4 Å². The van der Waals surface area contributed by atoms with Gasteiger partial charge in [-0.15, -0.1) is 0 Å². The number of imidazole rings is 1. The number of carbonyl (C=O) groups excluding carboxylic acids is 1. The molecule has 0 radical (unpaired) electrons. The molecular formula is C34H33FN4O3. The largest absolute Gasteiger partial charge is 0.505 e. The number of rotatable bonds is 6. The number of piperidine rings is 1. The number of hydrogen-bond acceptors (Lipinski definition) is 4. The number of aryl methyl sites for hydroxylation is 1. The first-order chi connectivity index (χ1) is 20.4. The third-order valence-corrected chi connectivity index (χ3v) is 9.63. The van der Waals surface area contributed by atoms with Crippen molar-refractivity contribution in [2.45, 2.75) is 44.7 Å². The minimum absolute atomic E-state index is 0.0594. The van der Waals surface area contributed by atoms with Gasteiger partial charge in [0.1, 0.15) is 11.3 Å². The number of fused-ring (bicyclic) bond motifs is 4. The first-order valence-electron chi connectivity index (χ1n) is 14.9. The number of carbonyl (C=O) groups is 1. The number of ether oxygens (including phenoxy) is 1. The highest BCUT2D eigenvalue weighted by molar-refractivity contribution is 6.00. The number of benzene rings is 3. The van der Waals surface area contributed by atoms with E-state index in [0.29, 0.717) is 40.3 Å². The molecule has 7 nitrogen and oxygen atoms in total. The molecule has 2 aromatic heterocycles. The topological polar surface area (TPSA) is 72.5 Å². The summed E-state index contributed by atoms with van der Waals surface area (Å²) in [4.78, 5) is 20.7. The fraction of sp³-hybridized carbons (Fsp3) is 0.353. The van der Waals surface area contributed by atoms with Crippen LogP contribution < -0.4 is 4.74 Å². The molecule has 3 aliphatic rings. The van der Waals surface area contributed by atoms with E-state index in [4.69, 9.17) is 9.72 Å². The van der Waals surface area contributed by atoms with Crippen LogP contribution in [0.1, 0.15) is 42.5 Å². The standard InChI is InChI=1S/C34H33FN4O3/c1-37-32-26(13-23(16-30(32)42-2)34(41)38-18-20-8-11-24(38)12-20)36-33(37)28-15-22-10-9-21(25-4-3-5-29(40)31(25)35)14-27(22)39(28)17-19-6-7-19/h3-5,9-10,13-16,19-20,24,40H,6-8,11-12,17-18H2,1-2H3. The van der Waals surface area contributed by atoms with Gasteiger partial charge in [-0.1, -0.05) is 24.3 Å². The summed E-state index contributed by atoms with van der Waals surface area (Å²) in [5.41, 5.74) is 5.24. The summed E-state index contributed by atoms with van der Waals surface area (Å²) >= 11 is 0. The van der Waals surface area contributed by atoms with E-state index >= 15 is 0 Å². The number of likely N-dealkylation sites (tertiary alicyclic amines) is 1. The molecule has 2 saturated carbocycles. The summed E-state index contributed by atoms with van der Waals surface area (Å²) in [6, 6.07) is 16.9. The highest BCUT2D eigenvalue weighted by Gasteiger charge is 2.40. The van der Waals surface area contributed by atoms with Crippen molar-refractivity contribution < 1.29 is 19.0 Å². The Balaban J connectivity index is 1.26. The Labute approximate surface area is 243 Å². The lowest BCUT2D eigenvalue weighted by atomic mass is 10.0. The summed E-state index contributed by atoms with van der Waals surface area (Å²) in [6.07, 6.45) is 5.79. The predicted octanol–water partition coefficient (Wildman–Crippen LogP) is 6.75. The number of aromatic hydroxyl groups is 1. The lowest BCUT2D eigenvalue weighted by Crippen LogP contribution is -2.37. The van der Waals surface area contributed by atoms with Gasteiger partial charge in [-0.2, -0.15) is 0 Å². The molecule has 8 heteroatoms. The van der Waals surface area contributed by atoms with Crippen LogP contribution in [0.5, 0.6) is 11.5 Å². The van der Waals surface area contributed by atoms with Gasteiger partial charge in [0.05, 0.1) is 18.3 Å². The van der Waals surface area contributed by atoms with Crippen LogP contribution in [0.2, 0.25) is 0 Å². The smallest absolute Gasteiger partial charge is 0.254 e. The van der Waals surface area contributed by atoms with Gasteiger partial charge < -0.3 is 23.9 Å². The molecule has 2 unspecified atom stereocenters. The summed E-state index contributed by atoms with van der Waals surface area (Å²) in [5.74, 6) is 1.72. The first-order valence-corrected chi connectivity index (χ1v) is 14.9. The molecule has 1 aliphatic heterocycles. The lowest BCUT2D eigenvalue weighted by molar-refractivity contribution is 0.0703. The molecule has 1 N–H and O–H groups in total. The number of halogens is 1. The molecule has 2 bridgehead atoms. The fourth-order valence-electron chi connectivity index (χ4n) is 7.26. The van der Waals surface area contributed by atoms with Gasteiger partial charge in [0.25, 0.3) is 5.91 Å². The van der Waals surface area contributed by atoms with E-state index < -0.39 is 5.82 Å². The van der Waals surface area contributed by atoms with Crippen molar-refractivity contribution in [2.24, 2.45) is 18.9 Å². The SMILES string of the molecule is COc1cc(C(=O)N2CC3CCC2C3)cc2nc(-c3cc4ccc(-c5cccc(O)c5F)cc4n3CC3CC3)n(C)c12. The molecule has 2 aliphatic carbocycles. The van der Waals surface area contributed by atoms with Gasteiger partial charge in [-0.05, 0) is 79.8 Å². The summed E-state index contributed by atoms with van der Waals surface area (Å²) in [7, 11) is 3.63. The average Bonchev–Trinajstić information content (AvgIpc) is 3.29. The molecule has 1 saturated heterocycles. The second-order valence-electron chi connectivity index (χ2n) is 12.3. The van der Waals surface area contributed by atoms with Gasteiger partial charge in [0.15, 0.2) is 17.4 Å².